The molecule has 1 aliphatic rings. The van der Waals surface area contributed by atoms with Crippen molar-refractivity contribution in [3.05, 3.63) is 42.2 Å². The zero-order chi connectivity index (χ0) is 14.0. The fourth-order valence-corrected chi connectivity index (χ4v) is 3.62. The summed E-state index contributed by atoms with van der Waals surface area (Å²) in [4.78, 5) is 16.4. The first kappa shape index (κ1) is 13.4. The summed E-state index contributed by atoms with van der Waals surface area (Å²) in [6, 6.07) is 9.88. The SMILES string of the molecule is O=C(NCc1nccc2ccccc12)C1(O)CCSC1. The standard InChI is InChI=1S/C15H16N2O2S/c18-14(15(19)6-8-20-10-15)17-9-13-12-4-2-1-3-11(12)5-7-16-13/h1-5,7,19H,6,8-10H2,(H,17,18). The lowest BCUT2D eigenvalue weighted by Crippen LogP contribution is -2.46. The molecule has 1 saturated heterocycles. The van der Waals surface area contributed by atoms with Crippen LogP contribution in [-0.2, 0) is 11.3 Å². The number of aromatic nitrogens is 1. The summed E-state index contributed by atoms with van der Waals surface area (Å²) in [6.45, 7) is 0.340. The lowest BCUT2D eigenvalue weighted by molar-refractivity contribution is -0.137. The van der Waals surface area contributed by atoms with Crippen LogP contribution in [0.2, 0.25) is 0 Å². The van der Waals surface area contributed by atoms with Crippen LogP contribution in [0.3, 0.4) is 0 Å². The van der Waals surface area contributed by atoms with Gasteiger partial charge >= 0.3 is 0 Å². The van der Waals surface area contributed by atoms with Crippen molar-refractivity contribution in [2.24, 2.45) is 0 Å². The molecule has 0 spiro atoms. The number of carbonyl (C=O) groups is 1. The van der Waals surface area contributed by atoms with Gasteiger partial charge in [-0.1, -0.05) is 24.3 Å². The maximum atomic E-state index is 12.1. The van der Waals surface area contributed by atoms with E-state index in [0.717, 1.165) is 22.2 Å². The summed E-state index contributed by atoms with van der Waals surface area (Å²) in [5.41, 5.74) is -0.388. The summed E-state index contributed by atoms with van der Waals surface area (Å²) < 4.78 is 0. The molecule has 104 valence electrons. The number of amides is 1. The quantitative estimate of drug-likeness (QED) is 0.903. The van der Waals surface area contributed by atoms with Gasteiger partial charge in [-0.3, -0.25) is 9.78 Å². The van der Waals surface area contributed by atoms with Gasteiger partial charge in [-0.2, -0.15) is 11.8 Å². The molecule has 0 bridgehead atoms. The molecular weight excluding hydrogens is 272 g/mol. The molecule has 4 nitrogen and oxygen atoms in total. The predicted octanol–water partition coefficient (Wildman–Crippen LogP) is 1.72. The third kappa shape index (κ3) is 2.51. The Bertz CT molecular complexity index is 633. The van der Waals surface area contributed by atoms with E-state index in [9.17, 15) is 9.90 Å². The van der Waals surface area contributed by atoms with Gasteiger partial charge in [0, 0.05) is 17.3 Å². The first-order valence-corrected chi connectivity index (χ1v) is 7.76. The average Bonchev–Trinajstić information content (AvgIpc) is 2.93. The van der Waals surface area contributed by atoms with E-state index in [4.69, 9.17) is 0 Å². The number of hydrogen-bond donors (Lipinski definition) is 2. The summed E-state index contributed by atoms with van der Waals surface area (Å²) in [5, 5.41) is 15.1. The molecule has 1 fully saturated rings. The van der Waals surface area contributed by atoms with Gasteiger partial charge in [-0.25, -0.2) is 0 Å². The number of hydrogen-bond acceptors (Lipinski definition) is 4. The van der Waals surface area contributed by atoms with Gasteiger partial charge in [0.05, 0.1) is 12.2 Å². The highest BCUT2D eigenvalue weighted by Gasteiger charge is 2.39. The number of nitrogens with one attached hydrogen (secondary N) is 1. The van der Waals surface area contributed by atoms with E-state index in [0.29, 0.717) is 18.7 Å². The molecule has 2 aromatic rings. The van der Waals surface area contributed by atoms with E-state index >= 15 is 0 Å². The topological polar surface area (TPSA) is 62.2 Å². The summed E-state index contributed by atoms with van der Waals surface area (Å²) >= 11 is 1.61. The van der Waals surface area contributed by atoms with Crippen LogP contribution >= 0.6 is 11.8 Å². The zero-order valence-electron chi connectivity index (χ0n) is 11.0. The van der Waals surface area contributed by atoms with Gasteiger partial charge in [0.15, 0.2) is 5.60 Å². The predicted molar refractivity (Wildman–Crippen MR) is 80.5 cm³/mol. The first-order chi connectivity index (χ1) is 9.69. The summed E-state index contributed by atoms with van der Waals surface area (Å²) in [5.74, 6) is 1.01. The average molecular weight is 288 g/mol. The van der Waals surface area contributed by atoms with Gasteiger partial charge in [0.1, 0.15) is 0 Å². The Hall–Kier alpha value is -1.59. The first-order valence-electron chi connectivity index (χ1n) is 6.60. The molecule has 0 radical (unpaired) electrons. The Morgan fingerprint density at radius 1 is 1.40 bits per heavy atom. The fraction of sp³-hybridized carbons (Fsp3) is 0.333. The van der Waals surface area contributed by atoms with Gasteiger partial charge in [-0.15, -0.1) is 0 Å². The highest BCUT2D eigenvalue weighted by molar-refractivity contribution is 7.99. The molecule has 1 aliphatic heterocycles. The van der Waals surface area contributed by atoms with Crippen LogP contribution in [0.1, 0.15) is 12.1 Å². The van der Waals surface area contributed by atoms with E-state index in [1.54, 1.807) is 18.0 Å². The maximum absolute atomic E-state index is 12.1. The minimum atomic E-state index is -1.21. The van der Waals surface area contributed by atoms with Crippen molar-refractivity contribution in [1.29, 1.82) is 0 Å². The van der Waals surface area contributed by atoms with Crippen LogP contribution in [0.15, 0.2) is 36.5 Å². The molecule has 2 heterocycles. The summed E-state index contributed by atoms with van der Waals surface area (Å²) in [7, 11) is 0. The molecule has 1 aromatic heterocycles. The minimum absolute atomic E-state index is 0.294. The zero-order valence-corrected chi connectivity index (χ0v) is 11.8. The smallest absolute Gasteiger partial charge is 0.253 e. The van der Waals surface area contributed by atoms with E-state index in [2.05, 4.69) is 10.3 Å². The van der Waals surface area contributed by atoms with Gasteiger partial charge < -0.3 is 10.4 Å². The van der Waals surface area contributed by atoms with Crippen molar-refractivity contribution in [1.82, 2.24) is 10.3 Å². The fourth-order valence-electron chi connectivity index (χ4n) is 2.38. The molecule has 1 amide bonds. The van der Waals surface area contributed by atoms with E-state index in [1.165, 1.54) is 0 Å². The molecule has 0 aliphatic carbocycles. The van der Waals surface area contributed by atoms with Crippen molar-refractivity contribution in [3.8, 4) is 0 Å². The molecule has 1 atom stereocenters. The van der Waals surface area contributed by atoms with Gasteiger partial charge in [0.2, 0.25) is 0 Å². The third-order valence-corrected chi connectivity index (χ3v) is 4.77. The van der Waals surface area contributed by atoms with Crippen LogP contribution in [-0.4, -0.2) is 33.1 Å². The number of carbonyl (C=O) groups excluding carboxylic acids is 1. The largest absolute Gasteiger partial charge is 0.379 e. The second kappa shape index (κ2) is 5.42. The minimum Gasteiger partial charge on any atom is -0.379 e. The number of aliphatic hydroxyl groups is 1. The van der Waals surface area contributed by atoms with E-state index in [1.807, 2.05) is 30.3 Å². The highest BCUT2D eigenvalue weighted by atomic mass is 32.2. The van der Waals surface area contributed by atoms with Crippen molar-refractivity contribution in [2.75, 3.05) is 11.5 Å². The molecule has 1 aromatic carbocycles. The number of nitrogens with zero attached hydrogens (tertiary/aromatic N) is 1. The maximum Gasteiger partial charge on any atom is 0.253 e. The number of thioether (sulfide) groups is 1. The van der Waals surface area contributed by atoms with E-state index in [-0.39, 0.29) is 5.91 Å². The number of rotatable bonds is 3. The molecule has 5 heteroatoms. The van der Waals surface area contributed by atoms with Crippen molar-refractivity contribution in [2.45, 2.75) is 18.6 Å². The van der Waals surface area contributed by atoms with Crippen LogP contribution in [0.5, 0.6) is 0 Å². The second-order valence-corrected chi connectivity index (χ2v) is 6.10. The molecule has 20 heavy (non-hydrogen) atoms. The van der Waals surface area contributed by atoms with Gasteiger partial charge in [0.25, 0.3) is 5.91 Å². The monoisotopic (exact) mass is 288 g/mol. The van der Waals surface area contributed by atoms with Crippen LogP contribution in [0.4, 0.5) is 0 Å². The van der Waals surface area contributed by atoms with Crippen molar-refractivity contribution < 1.29 is 9.90 Å². The van der Waals surface area contributed by atoms with Crippen LogP contribution in [0.25, 0.3) is 10.8 Å². The molecule has 3 rings (SSSR count). The number of pyridine rings is 1. The molecule has 1 unspecified atom stereocenters. The van der Waals surface area contributed by atoms with Crippen LogP contribution in [0, 0.1) is 0 Å². The Morgan fingerprint density at radius 3 is 3.05 bits per heavy atom. The molecule has 2 N–H and O–H groups in total. The third-order valence-electron chi connectivity index (χ3n) is 3.60. The van der Waals surface area contributed by atoms with Crippen molar-refractivity contribution >= 4 is 28.4 Å². The Labute approximate surface area is 121 Å². The normalized spacial score (nSPS) is 22.1. The summed E-state index contributed by atoms with van der Waals surface area (Å²) in [6.07, 6.45) is 2.26. The van der Waals surface area contributed by atoms with Crippen molar-refractivity contribution in [3.63, 3.8) is 0 Å². The lowest BCUT2D eigenvalue weighted by atomic mass is 10.0. The Balaban J connectivity index is 1.76. The lowest BCUT2D eigenvalue weighted by Gasteiger charge is -2.20. The van der Waals surface area contributed by atoms with Crippen LogP contribution < -0.4 is 5.32 Å². The Kier molecular flexibility index (Phi) is 3.63. The second-order valence-electron chi connectivity index (χ2n) is 5.00. The van der Waals surface area contributed by atoms with Gasteiger partial charge in [-0.05, 0) is 23.6 Å². The molecule has 0 saturated carbocycles. The number of benzene rings is 1. The Morgan fingerprint density at radius 2 is 2.25 bits per heavy atom. The van der Waals surface area contributed by atoms with E-state index < -0.39 is 5.60 Å². The number of fused-ring (bicyclic) bond motifs is 1. The molecular formula is C15H16N2O2S. The highest BCUT2D eigenvalue weighted by Crippen LogP contribution is 2.28.